The first-order valence-corrected chi connectivity index (χ1v) is 10.7. The molecule has 0 bridgehead atoms. The summed E-state index contributed by atoms with van der Waals surface area (Å²) in [7, 11) is 0. The number of anilines is 2. The Labute approximate surface area is 181 Å². The highest BCUT2D eigenvalue weighted by Gasteiger charge is 2.35. The van der Waals surface area contributed by atoms with Gasteiger partial charge in [0, 0.05) is 17.3 Å². The van der Waals surface area contributed by atoms with Crippen molar-refractivity contribution in [3.05, 3.63) is 59.7 Å². The van der Waals surface area contributed by atoms with Crippen molar-refractivity contribution in [3.8, 4) is 0 Å². The van der Waals surface area contributed by atoms with E-state index >= 15 is 0 Å². The molecule has 0 aromatic heterocycles. The van der Waals surface area contributed by atoms with E-state index < -0.39 is 17.2 Å². The monoisotopic (exact) mass is 456 g/mol. The number of hydrogen-bond donors (Lipinski definition) is 1. The van der Waals surface area contributed by atoms with Crippen LogP contribution in [0.4, 0.5) is 24.5 Å². The third kappa shape index (κ3) is 4.75. The van der Waals surface area contributed by atoms with E-state index in [-0.39, 0.29) is 28.8 Å². The molecule has 2 aromatic rings. The van der Waals surface area contributed by atoms with Gasteiger partial charge in [-0.05, 0) is 55.8 Å². The number of halogens is 4. The van der Waals surface area contributed by atoms with E-state index in [1.807, 2.05) is 0 Å². The summed E-state index contributed by atoms with van der Waals surface area (Å²) in [6, 6.07) is 11.6. The van der Waals surface area contributed by atoms with Gasteiger partial charge in [0.25, 0.3) is 0 Å². The summed E-state index contributed by atoms with van der Waals surface area (Å²) < 4.78 is 38.5. The van der Waals surface area contributed by atoms with Gasteiger partial charge in [0.2, 0.25) is 11.8 Å². The third-order valence-electron chi connectivity index (χ3n) is 4.74. The molecule has 0 radical (unpaired) electrons. The molecule has 9 heteroatoms. The van der Waals surface area contributed by atoms with E-state index in [1.165, 1.54) is 28.8 Å². The Morgan fingerprint density at radius 2 is 1.73 bits per heavy atom. The predicted octanol–water partition coefficient (Wildman–Crippen LogP) is 5.69. The van der Waals surface area contributed by atoms with Crippen molar-refractivity contribution in [1.82, 2.24) is 0 Å². The smallest absolute Gasteiger partial charge is 0.326 e. The average Bonchev–Trinajstić information content (AvgIpc) is 3.09. The Balaban J connectivity index is 1.79. The minimum absolute atomic E-state index is 0.175. The second kappa shape index (κ2) is 8.51. The van der Waals surface area contributed by atoms with Crippen molar-refractivity contribution in [2.75, 3.05) is 21.8 Å². The van der Waals surface area contributed by atoms with Gasteiger partial charge in [-0.2, -0.15) is 13.2 Å². The number of nitrogens with zero attached hydrogens (tertiary/aromatic N) is 1. The minimum atomic E-state index is -4.43. The second-order valence-electron chi connectivity index (χ2n) is 7.57. The summed E-state index contributed by atoms with van der Waals surface area (Å²) in [6.07, 6.45) is -4.43. The van der Waals surface area contributed by atoms with E-state index in [2.05, 4.69) is 5.32 Å². The van der Waals surface area contributed by atoms with Crippen molar-refractivity contribution in [2.24, 2.45) is 5.41 Å². The van der Waals surface area contributed by atoms with Gasteiger partial charge in [-0.25, -0.2) is 0 Å². The Morgan fingerprint density at radius 1 is 1.13 bits per heavy atom. The molecule has 1 aliphatic heterocycles. The highest BCUT2D eigenvalue weighted by atomic mass is 35.5. The molecule has 0 spiro atoms. The average molecular weight is 457 g/mol. The fourth-order valence-corrected chi connectivity index (χ4v) is 4.15. The van der Waals surface area contributed by atoms with Crippen LogP contribution in [0.3, 0.4) is 0 Å². The lowest BCUT2D eigenvalue weighted by atomic mass is 9.95. The SMILES string of the molecule is CC(C)(CCl)C(=O)Nc1ccc([C@@H]2SCC(=O)N2c2ccc(C(F)(F)F)cc2)cc1. The van der Waals surface area contributed by atoms with Gasteiger partial charge in [0.1, 0.15) is 5.37 Å². The van der Waals surface area contributed by atoms with Crippen molar-refractivity contribution < 1.29 is 22.8 Å². The Hall–Kier alpha value is -2.19. The van der Waals surface area contributed by atoms with Crippen molar-refractivity contribution >= 4 is 46.6 Å². The number of alkyl halides is 4. The first-order valence-electron chi connectivity index (χ1n) is 9.11. The van der Waals surface area contributed by atoms with Crippen LogP contribution < -0.4 is 10.2 Å². The normalized spacial score (nSPS) is 17.3. The van der Waals surface area contributed by atoms with Gasteiger partial charge in [-0.1, -0.05) is 12.1 Å². The molecule has 4 nitrogen and oxygen atoms in total. The summed E-state index contributed by atoms with van der Waals surface area (Å²) in [5.74, 6) is 0.0292. The van der Waals surface area contributed by atoms with Crippen LogP contribution in [0.25, 0.3) is 0 Å². The number of hydrogen-bond acceptors (Lipinski definition) is 3. The maximum absolute atomic E-state index is 12.8. The highest BCUT2D eigenvalue weighted by molar-refractivity contribution is 8.00. The molecule has 0 aliphatic carbocycles. The van der Waals surface area contributed by atoms with Crippen LogP contribution in [0.5, 0.6) is 0 Å². The maximum atomic E-state index is 12.8. The van der Waals surface area contributed by atoms with Crippen LogP contribution in [0.15, 0.2) is 48.5 Å². The molecule has 2 amide bonds. The fraction of sp³-hybridized carbons (Fsp3) is 0.333. The Morgan fingerprint density at radius 3 is 2.27 bits per heavy atom. The fourth-order valence-electron chi connectivity index (χ4n) is 2.85. The van der Waals surface area contributed by atoms with Crippen LogP contribution >= 0.6 is 23.4 Å². The van der Waals surface area contributed by atoms with Gasteiger partial charge >= 0.3 is 6.18 Å². The molecule has 0 unspecified atom stereocenters. The van der Waals surface area contributed by atoms with Crippen molar-refractivity contribution in [2.45, 2.75) is 25.4 Å². The molecular weight excluding hydrogens is 437 g/mol. The highest BCUT2D eigenvalue weighted by Crippen LogP contribution is 2.42. The van der Waals surface area contributed by atoms with E-state index in [9.17, 15) is 22.8 Å². The zero-order valence-corrected chi connectivity index (χ0v) is 17.9. The molecule has 160 valence electrons. The summed E-state index contributed by atoms with van der Waals surface area (Å²) in [6.45, 7) is 3.48. The van der Waals surface area contributed by atoms with Crippen LogP contribution in [-0.4, -0.2) is 23.4 Å². The second-order valence-corrected chi connectivity index (χ2v) is 8.90. The molecule has 2 aromatic carbocycles. The molecule has 1 fully saturated rings. The minimum Gasteiger partial charge on any atom is -0.326 e. The number of nitrogens with one attached hydrogen (secondary N) is 1. The van der Waals surface area contributed by atoms with Gasteiger partial charge < -0.3 is 5.32 Å². The van der Waals surface area contributed by atoms with E-state index in [0.29, 0.717) is 11.4 Å². The number of rotatable bonds is 5. The molecular formula is C21H20ClF3N2O2S. The van der Waals surface area contributed by atoms with Crippen LogP contribution in [-0.2, 0) is 15.8 Å². The lowest BCUT2D eigenvalue weighted by Gasteiger charge is -2.25. The Bertz CT molecular complexity index is 931. The summed E-state index contributed by atoms with van der Waals surface area (Å²) >= 11 is 7.22. The zero-order chi connectivity index (χ0) is 22.1. The number of amides is 2. The van der Waals surface area contributed by atoms with Crippen LogP contribution in [0.1, 0.15) is 30.3 Å². The molecule has 1 atom stereocenters. The molecule has 3 rings (SSSR count). The van der Waals surface area contributed by atoms with Crippen LogP contribution in [0.2, 0.25) is 0 Å². The van der Waals surface area contributed by atoms with E-state index in [0.717, 1.165) is 17.7 Å². The lowest BCUT2D eigenvalue weighted by molar-refractivity contribution is -0.137. The summed E-state index contributed by atoms with van der Waals surface area (Å²) in [5.41, 5.74) is 0.330. The first-order chi connectivity index (χ1) is 14.0. The van der Waals surface area contributed by atoms with E-state index in [4.69, 9.17) is 11.6 Å². The summed E-state index contributed by atoms with van der Waals surface area (Å²) in [4.78, 5) is 26.2. The predicted molar refractivity (Wildman–Crippen MR) is 114 cm³/mol. The van der Waals surface area contributed by atoms with Gasteiger partial charge in [0.15, 0.2) is 0 Å². The number of carbonyl (C=O) groups excluding carboxylic acids is 2. The number of carbonyl (C=O) groups is 2. The molecule has 1 N–H and O–H groups in total. The largest absolute Gasteiger partial charge is 0.416 e. The molecule has 1 heterocycles. The first kappa shape index (κ1) is 22.5. The topological polar surface area (TPSA) is 49.4 Å². The summed E-state index contributed by atoms with van der Waals surface area (Å²) in [5, 5.41) is 2.44. The lowest BCUT2D eigenvalue weighted by Crippen LogP contribution is -2.32. The van der Waals surface area contributed by atoms with Gasteiger partial charge in [-0.15, -0.1) is 23.4 Å². The quantitative estimate of drug-likeness (QED) is 0.588. The van der Waals surface area contributed by atoms with Gasteiger partial charge in [-0.3, -0.25) is 14.5 Å². The van der Waals surface area contributed by atoms with Crippen molar-refractivity contribution in [3.63, 3.8) is 0 Å². The van der Waals surface area contributed by atoms with Crippen LogP contribution in [0, 0.1) is 5.41 Å². The van der Waals surface area contributed by atoms with Gasteiger partial charge in [0.05, 0.1) is 16.7 Å². The molecule has 0 saturated carbocycles. The standard InChI is InChI=1S/C21H20ClF3N2O2S/c1-20(2,12-22)19(29)26-15-7-3-13(4-8-15)18-27(17(28)11-30-18)16-9-5-14(6-10-16)21(23,24)25/h3-10,18H,11-12H2,1-2H3,(H,26,29)/t18-/m0/s1. The third-order valence-corrected chi connectivity index (χ3v) is 6.62. The van der Waals surface area contributed by atoms with E-state index in [1.54, 1.807) is 38.1 Å². The molecule has 1 aliphatic rings. The maximum Gasteiger partial charge on any atom is 0.416 e. The molecule has 30 heavy (non-hydrogen) atoms. The molecule has 1 saturated heterocycles. The number of benzene rings is 2. The zero-order valence-electron chi connectivity index (χ0n) is 16.3. The number of thioether (sulfide) groups is 1. The van der Waals surface area contributed by atoms with Crippen molar-refractivity contribution in [1.29, 1.82) is 0 Å². The Kier molecular flexibility index (Phi) is 6.38.